The standard InChI is InChI=1S/C13H14BrN3OS2/c1-8(11(18)9-4-6-10(14)7-5-9)19-13-16-15-12(20-13)17(2)3/h4-8H,1-3H3. The van der Waals surface area contributed by atoms with Crippen LogP contribution in [0.25, 0.3) is 0 Å². The zero-order valence-electron chi connectivity index (χ0n) is 11.3. The maximum Gasteiger partial charge on any atom is 0.208 e. The number of Topliss-reactive ketones (excluding diaryl/α,β-unsaturated/α-hetero) is 1. The first-order valence-electron chi connectivity index (χ1n) is 5.94. The Hall–Kier alpha value is -0.920. The summed E-state index contributed by atoms with van der Waals surface area (Å²) < 4.78 is 1.78. The Balaban J connectivity index is 2.05. The predicted octanol–water partition coefficient (Wildman–Crippen LogP) is 3.73. The number of nitrogens with zero attached hydrogens (tertiary/aromatic N) is 3. The summed E-state index contributed by atoms with van der Waals surface area (Å²) in [7, 11) is 3.84. The second kappa shape index (κ2) is 6.69. The van der Waals surface area contributed by atoms with Gasteiger partial charge < -0.3 is 4.90 Å². The lowest BCUT2D eigenvalue weighted by atomic mass is 10.1. The third-order valence-corrected chi connectivity index (χ3v) is 5.36. The molecule has 2 aromatic rings. The summed E-state index contributed by atoms with van der Waals surface area (Å²) in [5.74, 6) is 0.101. The molecule has 0 saturated carbocycles. The molecule has 0 aliphatic carbocycles. The van der Waals surface area contributed by atoms with Crippen molar-refractivity contribution < 1.29 is 4.79 Å². The van der Waals surface area contributed by atoms with E-state index in [2.05, 4.69) is 26.1 Å². The number of aromatic nitrogens is 2. The van der Waals surface area contributed by atoms with Crippen molar-refractivity contribution in [2.75, 3.05) is 19.0 Å². The van der Waals surface area contributed by atoms with E-state index in [1.54, 1.807) is 0 Å². The van der Waals surface area contributed by atoms with Gasteiger partial charge in [0.25, 0.3) is 0 Å². The van der Waals surface area contributed by atoms with E-state index in [1.807, 2.05) is 50.2 Å². The normalized spacial score (nSPS) is 12.2. The SMILES string of the molecule is CC(Sc1nnc(N(C)C)s1)C(=O)c1ccc(Br)cc1. The number of anilines is 1. The molecule has 0 radical (unpaired) electrons. The molecule has 0 aliphatic rings. The molecule has 0 amide bonds. The van der Waals surface area contributed by atoms with Crippen LogP contribution < -0.4 is 4.90 Å². The van der Waals surface area contributed by atoms with Crippen molar-refractivity contribution in [2.45, 2.75) is 16.5 Å². The molecule has 106 valence electrons. The molecule has 0 bridgehead atoms. The van der Waals surface area contributed by atoms with Crippen LogP contribution in [-0.2, 0) is 0 Å². The predicted molar refractivity (Wildman–Crippen MR) is 88.0 cm³/mol. The van der Waals surface area contributed by atoms with Crippen molar-refractivity contribution in [3.8, 4) is 0 Å². The van der Waals surface area contributed by atoms with Gasteiger partial charge in [-0.25, -0.2) is 0 Å². The van der Waals surface area contributed by atoms with Crippen molar-refractivity contribution in [3.63, 3.8) is 0 Å². The molecule has 0 saturated heterocycles. The van der Waals surface area contributed by atoms with Crippen LogP contribution in [0.15, 0.2) is 33.1 Å². The highest BCUT2D eigenvalue weighted by Crippen LogP contribution is 2.31. The zero-order chi connectivity index (χ0) is 14.7. The second-order valence-corrected chi connectivity index (χ2v) is 7.84. The van der Waals surface area contributed by atoms with Crippen LogP contribution >= 0.6 is 39.0 Å². The minimum atomic E-state index is -0.181. The average molecular weight is 372 g/mol. The van der Waals surface area contributed by atoms with E-state index in [0.717, 1.165) is 13.9 Å². The molecule has 2 rings (SSSR count). The van der Waals surface area contributed by atoms with Crippen molar-refractivity contribution in [3.05, 3.63) is 34.3 Å². The minimum Gasteiger partial charge on any atom is -0.353 e. The Morgan fingerprint density at radius 3 is 2.50 bits per heavy atom. The van der Waals surface area contributed by atoms with Crippen LogP contribution in [0.5, 0.6) is 0 Å². The molecule has 4 nitrogen and oxygen atoms in total. The number of ketones is 1. The Bertz CT molecular complexity index is 598. The number of thioether (sulfide) groups is 1. The molecule has 0 spiro atoms. The van der Waals surface area contributed by atoms with Crippen LogP contribution in [-0.4, -0.2) is 35.3 Å². The van der Waals surface area contributed by atoms with Crippen LogP contribution in [0.3, 0.4) is 0 Å². The van der Waals surface area contributed by atoms with E-state index in [1.165, 1.54) is 23.1 Å². The van der Waals surface area contributed by atoms with Crippen molar-refractivity contribution in [2.24, 2.45) is 0 Å². The lowest BCUT2D eigenvalue weighted by Crippen LogP contribution is -2.13. The monoisotopic (exact) mass is 371 g/mol. The molecule has 1 aromatic heterocycles. The maximum atomic E-state index is 12.3. The van der Waals surface area contributed by atoms with Crippen LogP contribution in [0.4, 0.5) is 5.13 Å². The summed E-state index contributed by atoms with van der Waals surface area (Å²) in [5.41, 5.74) is 0.713. The Kier molecular flexibility index (Phi) is 5.17. The van der Waals surface area contributed by atoms with E-state index >= 15 is 0 Å². The first-order valence-corrected chi connectivity index (χ1v) is 8.43. The first-order chi connectivity index (χ1) is 9.47. The molecule has 1 heterocycles. The molecule has 1 unspecified atom stereocenters. The molecule has 0 aliphatic heterocycles. The lowest BCUT2D eigenvalue weighted by Gasteiger charge is -2.08. The molecule has 1 atom stereocenters. The summed E-state index contributed by atoms with van der Waals surface area (Å²) in [6.07, 6.45) is 0. The van der Waals surface area contributed by atoms with Gasteiger partial charge in [0.1, 0.15) is 0 Å². The third-order valence-electron chi connectivity index (χ3n) is 2.55. The van der Waals surface area contributed by atoms with E-state index < -0.39 is 0 Å². The number of halogens is 1. The number of carbonyl (C=O) groups excluding carboxylic acids is 1. The Morgan fingerprint density at radius 2 is 1.95 bits per heavy atom. The third kappa shape index (κ3) is 3.80. The Labute approximate surface area is 134 Å². The Morgan fingerprint density at radius 1 is 1.30 bits per heavy atom. The van der Waals surface area contributed by atoms with E-state index in [0.29, 0.717) is 5.56 Å². The van der Waals surface area contributed by atoms with Crippen LogP contribution in [0.2, 0.25) is 0 Å². The lowest BCUT2D eigenvalue weighted by molar-refractivity contribution is 0.0994. The minimum absolute atomic E-state index is 0.101. The van der Waals surface area contributed by atoms with Gasteiger partial charge in [-0.1, -0.05) is 51.2 Å². The van der Waals surface area contributed by atoms with Gasteiger partial charge >= 0.3 is 0 Å². The average Bonchev–Trinajstić information content (AvgIpc) is 2.87. The van der Waals surface area contributed by atoms with Gasteiger partial charge in [0.2, 0.25) is 5.13 Å². The smallest absolute Gasteiger partial charge is 0.208 e. The highest BCUT2D eigenvalue weighted by molar-refractivity contribution is 9.10. The molecule has 1 aromatic carbocycles. The van der Waals surface area contributed by atoms with Gasteiger partial charge in [-0.3, -0.25) is 4.79 Å². The molecular weight excluding hydrogens is 358 g/mol. The fourth-order valence-electron chi connectivity index (χ4n) is 1.48. The number of rotatable bonds is 5. The highest BCUT2D eigenvalue weighted by atomic mass is 79.9. The highest BCUT2D eigenvalue weighted by Gasteiger charge is 2.19. The van der Waals surface area contributed by atoms with Gasteiger partial charge in [0.15, 0.2) is 10.1 Å². The van der Waals surface area contributed by atoms with Gasteiger partial charge in [0.05, 0.1) is 5.25 Å². The van der Waals surface area contributed by atoms with Gasteiger partial charge in [-0.05, 0) is 19.1 Å². The van der Waals surface area contributed by atoms with E-state index in [4.69, 9.17) is 0 Å². The molecule has 0 fully saturated rings. The summed E-state index contributed by atoms with van der Waals surface area (Å²) in [6, 6.07) is 7.41. The van der Waals surface area contributed by atoms with Crippen LogP contribution in [0, 0.1) is 0 Å². The second-order valence-electron chi connectivity index (χ2n) is 4.38. The molecular formula is C13H14BrN3OS2. The van der Waals surface area contributed by atoms with Crippen molar-refractivity contribution >= 4 is 49.9 Å². The fraction of sp³-hybridized carbons (Fsp3) is 0.308. The van der Waals surface area contributed by atoms with Crippen molar-refractivity contribution in [1.29, 1.82) is 0 Å². The first kappa shape index (κ1) is 15.5. The van der Waals surface area contributed by atoms with Gasteiger partial charge in [0, 0.05) is 24.1 Å². The van der Waals surface area contributed by atoms with Crippen LogP contribution in [0.1, 0.15) is 17.3 Å². The number of hydrogen-bond donors (Lipinski definition) is 0. The number of hydrogen-bond acceptors (Lipinski definition) is 6. The van der Waals surface area contributed by atoms with Gasteiger partial charge in [-0.15, -0.1) is 10.2 Å². The quantitative estimate of drug-likeness (QED) is 0.591. The van der Waals surface area contributed by atoms with E-state index in [-0.39, 0.29) is 11.0 Å². The largest absolute Gasteiger partial charge is 0.353 e. The summed E-state index contributed by atoms with van der Waals surface area (Å²) >= 11 is 6.30. The summed E-state index contributed by atoms with van der Waals surface area (Å²) in [5, 5.41) is 8.83. The molecule has 7 heteroatoms. The molecule has 0 N–H and O–H groups in total. The topological polar surface area (TPSA) is 46.1 Å². The zero-order valence-corrected chi connectivity index (χ0v) is 14.6. The van der Waals surface area contributed by atoms with Crippen molar-refractivity contribution in [1.82, 2.24) is 10.2 Å². The number of carbonyl (C=O) groups is 1. The van der Waals surface area contributed by atoms with E-state index in [9.17, 15) is 4.79 Å². The summed E-state index contributed by atoms with van der Waals surface area (Å²) in [6.45, 7) is 1.89. The van der Waals surface area contributed by atoms with Gasteiger partial charge in [-0.2, -0.15) is 0 Å². The summed E-state index contributed by atoms with van der Waals surface area (Å²) in [4.78, 5) is 14.2. The maximum absolute atomic E-state index is 12.3. The molecule has 20 heavy (non-hydrogen) atoms. The number of benzene rings is 1. The fourth-order valence-corrected chi connectivity index (χ4v) is 3.73.